The van der Waals surface area contributed by atoms with E-state index >= 15 is 0 Å². The molecular weight excluding hydrogens is 417 g/mol. The molecule has 160 valence electrons. The van der Waals surface area contributed by atoms with Crippen LogP contribution in [-0.2, 0) is 13.2 Å². The maximum Gasteiger partial charge on any atom is 0.420 e. The van der Waals surface area contributed by atoms with Gasteiger partial charge in [0, 0.05) is 24.0 Å². The Labute approximate surface area is 180 Å². The molecule has 2 aromatic heterocycles. The number of rotatable bonds is 3. The van der Waals surface area contributed by atoms with Gasteiger partial charge in [0.2, 0.25) is 0 Å². The van der Waals surface area contributed by atoms with Crippen molar-refractivity contribution in [3.05, 3.63) is 78.9 Å². The second kappa shape index (κ2) is 7.23. The number of alkyl halides is 3. The van der Waals surface area contributed by atoms with Crippen LogP contribution in [0.2, 0.25) is 0 Å². The summed E-state index contributed by atoms with van der Waals surface area (Å²) in [4.78, 5) is 4.17. The highest BCUT2D eigenvalue weighted by atomic mass is 19.4. The van der Waals surface area contributed by atoms with Crippen LogP contribution in [0.15, 0.2) is 73.3 Å². The molecule has 0 spiro atoms. The van der Waals surface area contributed by atoms with Gasteiger partial charge in [0.1, 0.15) is 18.2 Å². The van der Waals surface area contributed by atoms with E-state index in [0.717, 1.165) is 16.7 Å². The topological polar surface area (TPSA) is 74.5 Å². The van der Waals surface area contributed by atoms with Crippen LogP contribution in [0.25, 0.3) is 39.2 Å². The first-order valence-electron chi connectivity index (χ1n) is 9.71. The Bertz CT molecular complexity index is 1450. The molecule has 0 aliphatic heterocycles. The van der Waals surface area contributed by atoms with Gasteiger partial charge in [-0.25, -0.2) is 4.98 Å². The molecule has 9 heteroatoms. The molecule has 0 radical (unpaired) electrons. The van der Waals surface area contributed by atoms with Crippen LogP contribution in [0.3, 0.4) is 0 Å². The Morgan fingerprint density at radius 2 is 1.69 bits per heavy atom. The summed E-state index contributed by atoms with van der Waals surface area (Å²) in [6.07, 6.45) is -1.62. The Hall–Kier alpha value is -4.14. The Morgan fingerprint density at radius 3 is 2.41 bits per heavy atom. The molecule has 32 heavy (non-hydrogen) atoms. The zero-order chi connectivity index (χ0) is 22.5. The number of aryl methyl sites for hydroxylation is 1. The van der Waals surface area contributed by atoms with E-state index in [1.165, 1.54) is 23.0 Å². The molecule has 5 aromatic rings. The van der Waals surface area contributed by atoms with Gasteiger partial charge in [-0.15, -0.1) is 10.2 Å². The van der Waals surface area contributed by atoms with Crippen molar-refractivity contribution in [3.63, 3.8) is 0 Å². The number of nitrogens with zero attached hydrogens (tertiary/aromatic N) is 5. The third kappa shape index (κ3) is 3.18. The average Bonchev–Trinajstić information content (AvgIpc) is 3.39. The number of imidazole rings is 1. The fraction of sp³-hybridized carbons (Fsp3) is 0.0870. The van der Waals surface area contributed by atoms with Gasteiger partial charge in [-0.3, -0.25) is 4.57 Å². The van der Waals surface area contributed by atoms with Crippen molar-refractivity contribution < 1.29 is 13.2 Å². The summed E-state index contributed by atoms with van der Waals surface area (Å²) in [6.45, 7) is 0. The molecule has 0 bridgehead atoms. The van der Waals surface area contributed by atoms with Crippen molar-refractivity contribution in [3.8, 4) is 28.2 Å². The van der Waals surface area contributed by atoms with E-state index in [2.05, 4.69) is 15.2 Å². The standard InChI is InChI=1S/C23H17F3N6/c1-31-13-29-30-22(31)17-8-3-2-7-16(17)14-5-4-6-15(11-14)32-12-28-19-10-9-18(27)20(21(19)32)23(24,25)26/h2-13H,27H2,1H3. The second-order valence-electron chi connectivity index (χ2n) is 7.37. The van der Waals surface area contributed by atoms with Crippen LogP contribution in [0.5, 0.6) is 0 Å². The minimum Gasteiger partial charge on any atom is -0.398 e. The summed E-state index contributed by atoms with van der Waals surface area (Å²) in [5, 5.41) is 8.14. The SMILES string of the molecule is Cn1cnnc1-c1ccccc1-c1cccc(-n2cnc3ccc(N)c(C(F)(F)F)c32)c1. The van der Waals surface area contributed by atoms with E-state index in [9.17, 15) is 13.2 Å². The number of anilines is 1. The normalized spacial score (nSPS) is 11.9. The summed E-state index contributed by atoms with van der Waals surface area (Å²) in [5.41, 5.74) is 7.73. The molecule has 6 nitrogen and oxygen atoms in total. The van der Waals surface area contributed by atoms with Gasteiger partial charge in [-0.2, -0.15) is 13.2 Å². The minimum atomic E-state index is -4.61. The van der Waals surface area contributed by atoms with E-state index < -0.39 is 11.7 Å². The number of benzene rings is 3. The van der Waals surface area contributed by atoms with Crippen molar-refractivity contribution in [1.29, 1.82) is 0 Å². The van der Waals surface area contributed by atoms with Crippen molar-refractivity contribution in [1.82, 2.24) is 24.3 Å². The molecule has 3 aromatic carbocycles. The molecule has 0 fully saturated rings. The van der Waals surface area contributed by atoms with Gasteiger partial charge in [0.25, 0.3) is 0 Å². The molecule has 0 atom stereocenters. The van der Waals surface area contributed by atoms with Crippen LogP contribution < -0.4 is 5.73 Å². The Kier molecular flexibility index (Phi) is 4.47. The molecule has 0 aliphatic carbocycles. The lowest BCUT2D eigenvalue weighted by molar-refractivity contribution is -0.135. The Balaban J connectivity index is 1.71. The van der Waals surface area contributed by atoms with Gasteiger partial charge in [0.15, 0.2) is 5.82 Å². The number of fused-ring (bicyclic) bond motifs is 1. The average molecular weight is 434 g/mol. The summed E-state index contributed by atoms with van der Waals surface area (Å²) >= 11 is 0. The summed E-state index contributed by atoms with van der Waals surface area (Å²) in [7, 11) is 1.85. The van der Waals surface area contributed by atoms with E-state index in [4.69, 9.17) is 5.73 Å². The van der Waals surface area contributed by atoms with Crippen LogP contribution in [0.1, 0.15) is 5.56 Å². The zero-order valence-corrected chi connectivity index (χ0v) is 16.9. The Morgan fingerprint density at radius 1 is 0.906 bits per heavy atom. The van der Waals surface area contributed by atoms with E-state index in [1.54, 1.807) is 18.5 Å². The smallest absolute Gasteiger partial charge is 0.398 e. The second-order valence-corrected chi connectivity index (χ2v) is 7.37. The molecule has 0 saturated carbocycles. The van der Waals surface area contributed by atoms with Gasteiger partial charge in [0.05, 0.1) is 11.0 Å². The third-order valence-corrected chi connectivity index (χ3v) is 5.34. The summed E-state index contributed by atoms with van der Waals surface area (Å²) < 4.78 is 44.7. The minimum absolute atomic E-state index is 0.0729. The molecule has 5 rings (SSSR count). The van der Waals surface area contributed by atoms with Gasteiger partial charge >= 0.3 is 6.18 Å². The fourth-order valence-electron chi connectivity index (χ4n) is 3.90. The highest BCUT2D eigenvalue weighted by Gasteiger charge is 2.36. The maximum absolute atomic E-state index is 13.8. The first-order chi connectivity index (χ1) is 15.3. The lowest BCUT2D eigenvalue weighted by Gasteiger charge is -2.15. The summed E-state index contributed by atoms with van der Waals surface area (Å²) in [6, 6.07) is 17.6. The van der Waals surface area contributed by atoms with Gasteiger partial charge in [-0.05, 0) is 35.4 Å². The third-order valence-electron chi connectivity index (χ3n) is 5.34. The first-order valence-corrected chi connectivity index (χ1v) is 9.71. The van der Waals surface area contributed by atoms with Crippen LogP contribution in [-0.4, -0.2) is 24.3 Å². The monoisotopic (exact) mass is 434 g/mol. The quantitative estimate of drug-likeness (QED) is 0.402. The number of halogens is 3. The molecule has 0 unspecified atom stereocenters. The highest BCUT2D eigenvalue weighted by molar-refractivity contribution is 5.87. The van der Waals surface area contributed by atoms with Crippen molar-refractivity contribution in [2.24, 2.45) is 7.05 Å². The van der Waals surface area contributed by atoms with Crippen LogP contribution in [0.4, 0.5) is 18.9 Å². The molecule has 0 saturated heterocycles. The van der Waals surface area contributed by atoms with E-state index in [0.29, 0.717) is 11.5 Å². The molecule has 2 heterocycles. The van der Waals surface area contributed by atoms with E-state index in [1.807, 2.05) is 48.0 Å². The number of aromatic nitrogens is 5. The summed E-state index contributed by atoms with van der Waals surface area (Å²) in [5.74, 6) is 0.686. The lowest BCUT2D eigenvalue weighted by Crippen LogP contribution is -2.11. The van der Waals surface area contributed by atoms with Gasteiger partial charge in [-0.1, -0.05) is 36.4 Å². The number of nitrogen functional groups attached to an aromatic ring is 1. The van der Waals surface area contributed by atoms with Gasteiger partial charge < -0.3 is 10.3 Å². The first kappa shape index (κ1) is 19.8. The lowest BCUT2D eigenvalue weighted by atomic mass is 9.98. The predicted octanol–water partition coefficient (Wildman–Crippen LogP) is 5.09. The fourth-order valence-corrected chi connectivity index (χ4v) is 3.90. The molecule has 2 N–H and O–H groups in total. The zero-order valence-electron chi connectivity index (χ0n) is 16.9. The van der Waals surface area contributed by atoms with Crippen LogP contribution >= 0.6 is 0 Å². The predicted molar refractivity (Wildman–Crippen MR) is 116 cm³/mol. The molecule has 0 amide bonds. The highest BCUT2D eigenvalue weighted by Crippen LogP contribution is 2.40. The molecular formula is C23H17F3N6. The van der Waals surface area contributed by atoms with Crippen molar-refractivity contribution in [2.45, 2.75) is 6.18 Å². The van der Waals surface area contributed by atoms with Crippen molar-refractivity contribution >= 4 is 16.7 Å². The molecule has 0 aliphatic rings. The number of nitrogens with two attached hydrogens (primary N) is 1. The number of hydrogen-bond acceptors (Lipinski definition) is 4. The largest absolute Gasteiger partial charge is 0.420 e. The number of hydrogen-bond donors (Lipinski definition) is 1. The van der Waals surface area contributed by atoms with Crippen molar-refractivity contribution in [2.75, 3.05) is 5.73 Å². The maximum atomic E-state index is 13.8. The van der Waals surface area contributed by atoms with E-state index in [-0.39, 0.29) is 16.7 Å². The van der Waals surface area contributed by atoms with Crippen LogP contribution in [0, 0.1) is 0 Å².